The number of rotatable bonds is 8. The fourth-order valence-corrected chi connectivity index (χ4v) is 6.11. The van der Waals surface area contributed by atoms with Crippen molar-refractivity contribution in [2.24, 2.45) is 4.99 Å². The van der Waals surface area contributed by atoms with Gasteiger partial charge in [0.05, 0.1) is 32.9 Å². The van der Waals surface area contributed by atoms with Crippen LogP contribution in [0.25, 0.3) is 6.08 Å². The number of amides is 1. The predicted molar refractivity (Wildman–Crippen MR) is 165 cm³/mol. The van der Waals surface area contributed by atoms with E-state index in [4.69, 9.17) is 20.9 Å². The number of ether oxygens (including phenoxy) is 2. The molecule has 1 amide bonds. The lowest BCUT2D eigenvalue weighted by molar-refractivity contribution is -0.113. The van der Waals surface area contributed by atoms with Crippen molar-refractivity contribution in [1.29, 1.82) is 0 Å². The lowest BCUT2D eigenvalue weighted by atomic mass is 9.95. The van der Waals surface area contributed by atoms with Gasteiger partial charge in [-0.25, -0.2) is 4.99 Å². The number of thiazole rings is 1. The number of carbonyl (C=O) groups is 1. The first-order valence-electron chi connectivity index (χ1n) is 12.9. The highest BCUT2D eigenvalue weighted by Gasteiger charge is 2.32. The number of para-hydroxylation sites is 1. The average Bonchev–Trinajstić information content (AvgIpc) is 3.27. The summed E-state index contributed by atoms with van der Waals surface area (Å²) in [5.74, 6) is 3.44. The van der Waals surface area contributed by atoms with Gasteiger partial charge >= 0.3 is 0 Å². The Hall–Kier alpha value is -4.39. The molecule has 1 aliphatic rings. The van der Waals surface area contributed by atoms with Gasteiger partial charge in [0.15, 0.2) is 4.80 Å². The average molecular weight is 629 g/mol. The number of fused-ring (bicyclic) bond motifs is 1. The zero-order valence-corrected chi connectivity index (χ0v) is 24.8. The SMILES string of the molecule is C#CCOc1ccc(/C=c2\sc3n(c2=O)[C@@H](c2ccc(OCC)cc2)C(C(=O)Nc2ccccc2)=C(C)N=3)cc1Br. The molecule has 7 nitrogen and oxygen atoms in total. The van der Waals surface area contributed by atoms with E-state index in [1.54, 1.807) is 23.6 Å². The van der Waals surface area contributed by atoms with Gasteiger partial charge in [-0.1, -0.05) is 53.7 Å². The second kappa shape index (κ2) is 12.4. The Bertz CT molecular complexity index is 1850. The van der Waals surface area contributed by atoms with Crippen LogP contribution < -0.4 is 29.7 Å². The molecule has 1 aromatic heterocycles. The molecule has 1 aliphatic heterocycles. The first-order valence-corrected chi connectivity index (χ1v) is 14.5. The Morgan fingerprint density at radius 2 is 1.90 bits per heavy atom. The third-order valence-corrected chi connectivity index (χ3v) is 7.97. The fraction of sp³-hybridized carbons (Fsp3) is 0.156. The summed E-state index contributed by atoms with van der Waals surface area (Å²) in [4.78, 5) is 32.9. The number of terminal acetylenes is 1. The van der Waals surface area contributed by atoms with Gasteiger partial charge in [-0.15, -0.1) is 6.42 Å². The highest BCUT2D eigenvalue weighted by atomic mass is 79.9. The first-order chi connectivity index (χ1) is 19.9. The van der Waals surface area contributed by atoms with Crippen molar-refractivity contribution in [1.82, 2.24) is 4.57 Å². The van der Waals surface area contributed by atoms with Gasteiger partial charge in [0.2, 0.25) is 0 Å². The lowest BCUT2D eigenvalue weighted by Gasteiger charge is -2.25. The van der Waals surface area contributed by atoms with Gasteiger partial charge in [-0.05, 0) is 83.4 Å². The smallest absolute Gasteiger partial charge is 0.271 e. The van der Waals surface area contributed by atoms with E-state index in [0.717, 1.165) is 15.6 Å². The Morgan fingerprint density at radius 3 is 2.59 bits per heavy atom. The second-order valence-corrected chi connectivity index (χ2v) is 11.0. The Morgan fingerprint density at radius 1 is 1.15 bits per heavy atom. The van der Waals surface area contributed by atoms with Gasteiger partial charge in [-0.3, -0.25) is 14.2 Å². The molecule has 41 heavy (non-hydrogen) atoms. The maximum Gasteiger partial charge on any atom is 0.271 e. The Balaban J connectivity index is 1.61. The molecule has 5 rings (SSSR count). The van der Waals surface area contributed by atoms with Crippen molar-refractivity contribution >= 4 is 44.9 Å². The molecule has 206 valence electrons. The normalized spacial score (nSPS) is 14.6. The van der Waals surface area contributed by atoms with Crippen molar-refractivity contribution in [3.05, 3.63) is 119 Å². The number of nitrogens with one attached hydrogen (secondary N) is 1. The molecule has 0 radical (unpaired) electrons. The molecule has 1 atom stereocenters. The minimum absolute atomic E-state index is 0.154. The molecule has 4 aromatic rings. The quantitative estimate of drug-likeness (QED) is 0.277. The van der Waals surface area contributed by atoms with Crippen molar-refractivity contribution in [3.63, 3.8) is 0 Å². The molecule has 0 spiro atoms. The summed E-state index contributed by atoms with van der Waals surface area (Å²) in [6.45, 7) is 4.40. The van der Waals surface area contributed by atoms with E-state index in [1.807, 2.05) is 73.7 Å². The summed E-state index contributed by atoms with van der Waals surface area (Å²) in [6, 6.07) is 21.5. The third kappa shape index (κ3) is 6.04. The maximum atomic E-state index is 13.9. The number of anilines is 1. The molecule has 0 fully saturated rings. The highest BCUT2D eigenvalue weighted by Crippen LogP contribution is 2.32. The molecular weight excluding hydrogens is 602 g/mol. The minimum Gasteiger partial charge on any atom is -0.494 e. The third-order valence-electron chi connectivity index (χ3n) is 6.37. The molecule has 0 aliphatic carbocycles. The highest BCUT2D eigenvalue weighted by molar-refractivity contribution is 9.10. The van der Waals surface area contributed by atoms with Crippen LogP contribution in [-0.2, 0) is 4.79 Å². The first kappa shape index (κ1) is 28.1. The van der Waals surface area contributed by atoms with Crippen LogP contribution in [-0.4, -0.2) is 23.7 Å². The molecule has 0 bridgehead atoms. The molecular formula is C32H26BrN3O4S. The van der Waals surface area contributed by atoms with Gasteiger partial charge in [0, 0.05) is 5.69 Å². The zero-order valence-electron chi connectivity index (χ0n) is 22.4. The molecule has 2 heterocycles. The summed E-state index contributed by atoms with van der Waals surface area (Å²) in [7, 11) is 0. The lowest BCUT2D eigenvalue weighted by Crippen LogP contribution is -2.40. The van der Waals surface area contributed by atoms with E-state index >= 15 is 0 Å². The number of aromatic nitrogens is 1. The topological polar surface area (TPSA) is 81.9 Å². The molecule has 0 unspecified atom stereocenters. The summed E-state index contributed by atoms with van der Waals surface area (Å²) in [5, 5.41) is 2.97. The van der Waals surface area contributed by atoms with Crippen LogP contribution in [0.4, 0.5) is 5.69 Å². The summed E-state index contributed by atoms with van der Waals surface area (Å²) < 4.78 is 14.0. The van der Waals surface area contributed by atoms with Crippen LogP contribution in [0.3, 0.4) is 0 Å². The van der Waals surface area contributed by atoms with Crippen molar-refractivity contribution < 1.29 is 14.3 Å². The van der Waals surface area contributed by atoms with E-state index < -0.39 is 6.04 Å². The minimum atomic E-state index is -0.681. The van der Waals surface area contributed by atoms with Gasteiger partial charge in [0.25, 0.3) is 11.5 Å². The largest absolute Gasteiger partial charge is 0.494 e. The number of benzene rings is 3. The Labute approximate surface area is 249 Å². The molecule has 0 saturated carbocycles. The van der Waals surface area contributed by atoms with Gasteiger partial charge in [-0.2, -0.15) is 0 Å². The number of halogens is 1. The van der Waals surface area contributed by atoms with Crippen LogP contribution in [0.5, 0.6) is 11.5 Å². The zero-order chi connectivity index (χ0) is 28.9. The van der Waals surface area contributed by atoms with E-state index in [0.29, 0.717) is 44.4 Å². The standard InChI is InChI=1S/C32H26BrN3O4S/c1-4-17-40-26-16-11-21(18-25(26)33)19-27-31(38)36-29(22-12-14-24(15-13-22)39-5-2)28(20(3)34-32(36)41-27)30(37)35-23-9-7-6-8-10-23/h1,6-16,18-19,29H,5,17H2,2-3H3,(H,35,37)/b27-19-/t29-/m0/s1. The van der Waals surface area contributed by atoms with E-state index in [2.05, 4.69) is 27.2 Å². The number of carbonyl (C=O) groups excluding carboxylic acids is 1. The molecule has 0 saturated heterocycles. The number of hydrogen-bond acceptors (Lipinski definition) is 6. The van der Waals surface area contributed by atoms with Crippen molar-refractivity contribution in [2.75, 3.05) is 18.5 Å². The monoisotopic (exact) mass is 627 g/mol. The predicted octanol–water partition coefficient (Wildman–Crippen LogP) is 5.05. The summed E-state index contributed by atoms with van der Waals surface area (Å²) in [5.41, 5.74) is 2.92. The van der Waals surface area contributed by atoms with Crippen molar-refractivity contribution in [2.45, 2.75) is 19.9 Å². The van der Waals surface area contributed by atoms with Crippen LogP contribution in [0, 0.1) is 12.3 Å². The fourth-order valence-electron chi connectivity index (χ4n) is 4.55. The number of hydrogen-bond donors (Lipinski definition) is 1. The van der Waals surface area contributed by atoms with E-state index in [9.17, 15) is 9.59 Å². The van der Waals surface area contributed by atoms with Crippen LogP contribution in [0.2, 0.25) is 0 Å². The molecule has 3 aromatic carbocycles. The summed E-state index contributed by atoms with van der Waals surface area (Å²) in [6.07, 6.45) is 7.10. The van der Waals surface area contributed by atoms with Crippen LogP contribution in [0.15, 0.2) is 98.3 Å². The molecule has 1 N–H and O–H groups in total. The Kier molecular flexibility index (Phi) is 8.53. The van der Waals surface area contributed by atoms with Gasteiger partial charge < -0.3 is 14.8 Å². The van der Waals surface area contributed by atoms with Gasteiger partial charge in [0.1, 0.15) is 18.1 Å². The van der Waals surface area contributed by atoms with Crippen LogP contribution in [0.1, 0.15) is 31.0 Å². The molecule has 9 heteroatoms. The van der Waals surface area contributed by atoms with E-state index in [1.165, 1.54) is 11.3 Å². The van der Waals surface area contributed by atoms with E-state index in [-0.39, 0.29) is 18.1 Å². The van der Waals surface area contributed by atoms with Crippen molar-refractivity contribution in [3.8, 4) is 23.8 Å². The number of nitrogens with zero attached hydrogens (tertiary/aromatic N) is 2. The van der Waals surface area contributed by atoms with Crippen LogP contribution >= 0.6 is 27.3 Å². The maximum absolute atomic E-state index is 13.9. The summed E-state index contributed by atoms with van der Waals surface area (Å²) >= 11 is 4.79. The second-order valence-electron chi connectivity index (χ2n) is 9.09. The number of allylic oxidation sites excluding steroid dienone is 1.